The number of hydrogen-bond donors (Lipinski definition) is 0. The summed E-state index contributed by atoms with van der Waals surface area (Å²) in [6, 6.07) is 111. The van der Waals surface area contributed by atoms with Gasteiger partial charge in [0.1, 0.15) is 0 Å². The van der Waals surface area contributed by atoms with Crippen molar-refractivity contribution in [2.45, 2.75) is 0 Å². The van der Waals surface area contributed by atoms with Crippen LogP contribution in [0.25, 0.3) is 178 Å². The summed E-state index contributed by atoms with van der Waals surface area (Å²) >= 11 is 0. The Hall–Kier alpha value is -12.8. The third-order valence-corrected chi connectivity index (χ3v) is 18.3. The number of pyridine rings is 2. The highest BCUT2D eigenvalue weighted by Gasteiger charge is 2.18. The molecule has 94 heavy (non-hydrogen) atoms. The van der Waals surface area contributed by atoms with Crippen LogP contribution in [0.1, 0.15) is 0 Å². The van der Waals surface area contributed by atoms with Crippen molar-refractivity contribution in [2.24, 2.45) is 0 Å². The molecule has 8 nitrogen and oxygen atoms in total. The number of nitrogens with zero attached hydrogens (tertiary/aromatic N) is 8. The van der Waals surface area contributed by atoms with Gasteiger partial charge in [0.2, 0.25) is 0 Å². The van der Waals surface area contributed by atoms with Gasteiger partial charge in [-0.05, 0) is 131 Å². The van der Waals surface area contributed by atoms with E-state index in [9.17, 15) is 0 Å². The molecule has 0 N–H and O–H groups in total. The molecule has 6 heterocycles. The summed E-state index contributed by atoms with van der Waals surface area (Å²) < 4.78 is 4.67. The second-order valence-corrected chi connectivity index (χ2v) is 23.9. The summed E-state index contributed by atoms with van der Waals surface area (Å²) in [5.41, 5.74) is 24.3. The van der Waals surface area contributed by atoms with Crippen molar-refractivity contribution in [3.8, 4) is 113 Å². The molecule has 438 valence electrons. The lowest BCUT2D eigenvalue weighted by Crippen LogP contribution is -1.97. The highest BCUT2D eigenvalue weighted by Crippen LogP contribution is 2.38. The number of aromatic nitrogens is 8. The number of rotatable bonds is 11. The Bertz CT molecular complexity index is 5460. The standard InChI is InChI=1S/C86H54N8/c1-7-19-75-65(13-1)49-67(53-87-75)57-29-37-61(38-30-57)79-51-77(89-85(91-79)63-41-45-69(46-42-63)93-81-21-9-3-15-71(81)72-16-4-10-22-82(72)93)59-33-25-55(26-34-59)56-27-35-60(36-28-56)78-52-80(62-39-31-58(32-40-62)68-50-66-14-2-8-20-76(66)88-54-68)92-86(90-78)64-43-47-70(48-44-64)94-83-23-11-5-17-73(83)74-18-6-12-24-84(74)94/h1-54H. The summed E-state index contributed by atoms with van der Waals surface area (Å²) in [4.78, 5) is 30.7. The Balaban J connectivity index is 0.677. The molecule has 6 aromatic heterocycles. The van der Waals surface area contributed by atoms with Crippen LogP contribution in [0, 0.1) is 0 Å². The maximum Gasteiger partial charge on any atom is 0.160 e. The number of benzene rings is 12. The quantitative estimate of drug-likeness (QED) is 0.128. The lowest BCUT2D eigenvalue weighted by atomic mass is 9.99. The van der Waals surface area contributed by atoms with Crippen molar-refractivity contribution in [1.29, 1.82) is 0 Å². The van der Waals surface area contributed by atoms with E-state index in [-0.39, 0.29) is 0 Å². The fourth-order valence-corrected chi connectivity index (χ4v) is 13.5. The minimum absolute atomic E-state index is 0.645. The van der Waals surface area contributed by atoms with Gasteiger partial charge < -0.3 is 9.13 Å². The first-order valence-electron chi connectivity index (χ1n) is 31.6. The number of hydrogen-bond acceptors (Lipinski definition) is 6. The van der Waals surface area contributed by atoms with Crippen LogP contribution >= 0.6 is 0 Å². The zero-order chi connectivity index (χ0) is 62.1. The molecule has 18 aromatic rings. The SMILES string of the molecule is c1ccc2ncc(-c3ccc(-c4cc(-c5ccc(-c6ccc(-c7cc(-c8ccc(-c9cnc%10ccccc%10c9)cc8)nc(-c8ccc(-n9c%10ccccc%10c%10ccccc%109)cc8)n7)cc6)cc5)nc(-c5ccc(-n6c7ccccc7c7ccccc76)cc5)n4)cc3)cc2c1. The van der Waals surface area contributed by atoms with Gasteiger partial charge in [0.15, 0.2) is 11.6 Å². The van der Waals surface area contributed by atoms with E-state index in [4.69, 9.17) is 29.9 Å². The maximum atomic E-state index is 5.31. The second kappa shape index (κ2) is 22.6. The molecule has 0 fully saturated rings. The maximum absolute atomic E-state index is 5.31. The van der Waals surface area contributed by atoms with Crippen LogP contribution in [0.3, 0.4) is 0 Å². The van der Waals surface area contributed by atoms with E-state index in [1.807, 2.05) is 36.7 Å². The van der Waals surface area contributed by atoms with E-state index in [0.29, 0.717) is 11.6 Å². The van der Waals surface area contributed by atoms with Crippen LogP contribution in [0.4, 0.5) is 0 Å². The van der Waals surface area contributed by atoms with Gasteiger partial charge in [-0.2, -0.15) is 0 Å². The monoisotopic (exact) mass is 1200 g/mol. The molecule has 8 heteroatoms. The number of para-hydroxylation sites is 6. The summed E-state index contributed by atoms with van der Waals surface area (Å²) in [6.07, 6.45) is 3.90. The van der Waals surface area contributed by atoms with Crippen LogP contribution in [0.2, 0.25) is 0 Å². The Morgan fingerprint density at radius 1 is 0.202 bits per heavy atom. The van der Waals surface area contributed by atoms with Crippen molar-refractivity contribution in [2.75, 3.05) is 0 Å². The fourth-order valence-electron chi connectivity index (χ4n) is 13.5. The van der Waals surface area contributed by atoms with Gasteiger partial charge in [-0.15, -0.1) is 0 Å². The van der Waals surface area contributed by atoms with Crippen LogP contribution < -0.4 is 0 Å². The molecule has 12 aromatic carbocycles. The first-order valence-corrected chi connectivity index (χ1v) is 31.6. The molecular formula is C86H54N8. The molecule has 0 aliphatic carbocycles. The van der Waals surface area contributed by atoms with E-state index in [0.717, 1.165) is 145 Å². The second-order valence-electron chi connectivity index (χ2n) is 23.9. The zero-order valence-electron chi connectivity index (χ0n) is 50.8. The molecular weight excluding hydrogens is 1150 g/mol. The molecule has 18 rings (SSSR count). The zero-order valence-corrected chi connectivity index (χ0v) is 50.8. The summed E-state index contributed by atoms with van der Waals surface area (Å²) in [6.45, 7) is 0. The van der Waals surface area contributed by atoms with Gasteiger partial charge >= 0.3 is 0 Å². The molecule has 0 aliphatic heterocycles. The predicted molar refractivity (Wildman–Crippen MR) is 386 cm³/mol. The van der Waals surface area contributed by atoms with Crippen LogP contribution in [-0.4, -0.2) is 39.0 Å². The Morgan fingerprint density at radius 2 is 0.457 bits per heavy atom. The summed E-state index contributed by atoms with van der Waals surface area (Å²) in [7, 11) is 0. The fraction of sp³-hybridized carbons (Fsp3) is 0. The first-order chi connectivity index (χ1) is 46.5. The lowest BCUT2D eigenvalue weighted by molar-refractivity contribution is 1.16. The largest absolute Gasteiger partial charge is 0.309 e. The molecule has 0 unspecified atom stereocenters. The molecule has 0 aliphatic rings. The van der Waals surface area contributed by atoms with Crippen molar-refractivity contribution in [1.82, 2.24) is 39.0 Å². The summed E-state index contributed by atoms with van der Waals surface area (Å²) in [5.74, 6) is 1.29. The van der Waals surface area contributed by atoms with Crippen LogP contribution in [0.5, 0.6) is 0 Å². The van der Waals surface area contributed by atoms with Crippen molar-refractivity contribution in [3.63, 3.8) is 0 Å². The van der Waals surface area contributed by atoms with Gasteiger partial charge in [-0.25, -0.2) is 19.9 Å². The van der Waals surface area contributed by atoms with Crippen LogP contribution in [0.15, 0.2) is 328 Å². The third kappa shape index (κ3) is 9.73. The van der Waals surface area contributed by atoms with Crippen molar-refractivity contribution < 1.29 is 0 Å². The highest BCUT2D eigenvalue weighted by atomic mass is 15.0. The third-order valence-electron chi connectivity index (χ3n) is 18.3. The van der Waals surface area contributed by atoms with Gasteiger partial charge in [0.05, 0.1) is 55.9 Å². The molecule has 0 amide bonds. The molecule has 0 bridgehead atoms. The molecule has 0 spiro atoms. The average Bonchev–Trinajstić information content (AvgIpc) is 1.58. The Labute approximate surface area is 541 Å². The Kier molecular flexibility index (Phi) is 13.0. The van der Waals surface area contributed by atoms with Gasteiger partial charge in [0.25, 0.3) is 0 Å². The lowest BCUT2D eigenvalue weighted by Gasteiger charge is -2.13. The van der Waals surface area contributed by atoms with E-state index in [2.05, 4.69) is 300 Å². The van der Waals surface area contributed by atoms with E-state index < -0.39 is 0 Å². The number of fused-ring (bicyclic) bond motifs is 8. The molecule has 0 atom stereocenters. The van der Waals surface area contributed by atoms with E-state index in [1.54, 1.807) is 0 Å². The topological polar surface area (TPSA) is 87.2 Å². The normalized spacial score (nSPS) is 11.6. The first kappa shape index (κ1) is 54.2. The van der Waals surface area contributed by atoms with Crippen molar-refractivity contribution in [3.05, 3.63) is 328 Å². The van der Waals surface area contributed by atoms with Gasteiger partial charge in [0, 0.05) is 101 Å². The van der Waals surface area contributed by atoms with Gasteiger partial charge in [-0.3, -0.25) is 9.97 Å². The predicted octanol–water partition coefficient (Wildman–Crippen LogP) is 21.6. The minimum Gasteiger partial charge on any atom is -0.309 e. The minimum atomic E-state index is 0.645. The average molecular weight is 1200 g/mol. The highest BCUT2D eigenvalue weighted by molar-refractivity contribution is 6.10. The van der Waals surface area contributed by atoms with Gasteiger partial charge in [-0.1, -0.05) is 206 Å². The van der Waals surface area contributed by atoms with E-state index >= 15 is 0 Å². The Morgan fingerprint density at radius 3 is 0.777 bits per heavy atom. The summed E-state index contributed by atoms with van der Waals surface area (Å²) in [5, 5.41) is 7.12. The van der Waals surface area contributed by atoms with E-state index in [1.165, 1.54) is 21.5 Å². The van der Waals surface area contributed by atoms with Crippen LogP contribution in [-0.2, 0) is 0 Å². The molecule has 0 saturated carbocycles. The molecule has 0 radical (unpaired) electrons. The smallest absolute Gasteiger partial charge is 0.160 e. The van der Waals surface area contributed by atoms with Crippen molar-refractivity contribution >= 4 is 65.4 Å². The molecule has 0 saturated heterocycles.